The van der Waals surface area contributed by atoms with E-state index in [2.05, 4.69) is 15.1 Å². The summed E-state index contributed by atoms with van der Waals surface area (Å²) in [5, 5.41) is 3.71. The van der Waals surface area contributed by atoms with E-state index in [0.29, 0.717) is 13.0 Å². The van der Waals surface area contributed by atoms with Gasteiger partial charge in [-0.15, -0.1) is 0 Å². The molecule has 144 valence electrons. The zero-order valence-corrected chi connectivity index (χ0v) is 16.3. The highest BCUT2D eigenvalue weighted by Crippen LogP contribution is 2.22. The van der Waals surface area contributed by atoms with Gasteiger partial charge in [-0.25, -0.2) is 0 Å². The van der Waals surface area contributed by atoms with Gasteiger partial charge in [-0.1, -0.05) is 23.7 Å². The number of piperazine rings is 1. The van der Waals surface area contributed by atoms with E-state index in [1.807, 2.05) is 48.5 Å². The van der Waals surface area contributed by atoms with Crippen LogP contribution in [0, 0.1) is 0 Å². The Bertz CT molecular complexity index is 916. The number of hydrogen-bond acceptors (Lipinski definition) is 4. The number of halogens is 1. The average molecular weight is 396 g/mol. The van der Waals surface area contributed by atoms with Gasteiger partial charge in [0.25, 0.3) is 0 Å². The molecule has 1 aliphatic carbocycles. The molecule has 0 atom stereocenters. The van der Waals surface area contributed by atoms with E-state index in [9.17, 15) is 9.59 Å². The fourth-order valence-electron chi connectivity index (χ4n) is 3.64. The van der Waals surface area contributed by atoms with Crippen LogP contribution >= 0.6 is 11.6 Å². The molecular formula is C22H22ClN3O2. The summed E-state index contributed by atoms with van der Waals surface area (Å²) in [6.07, 6.45) is 3.83. The maximum Gasteiger partial charge on any atom is 0.238 e. The summed E-state index contributed by atoms with van der Waals surface area (Å²) in [4.78, 5) is 28.4. The third kappa shape index (κ3) is 4.43. The Hall–Kier alpha value is -2.63. The SMILES string of the molecule is O=C1C=Cc2cc(NC(=O)CN3CCN(c4ccc(Cl)cc4)CC3)ccc2C1. The predicted molar refractivity (Wildman–Crippen MR) is 113 cm³/mol. The van der Waals surface area contributed by atoms with Crippen LogP contribution < -0.4 is 10.2 Å². The van der Waals surface area contributed by atoms with Gasteiger partial charge < -0.3 is 10.2 Å². The molecule has 1 aliphatic heterocycles. The third-order valence-electron chi connectivity index (χ3n) is 5.17. The number of amides is 1. The Morgan fingerprint density at radius 1 is 1.00 bits per heavy atom. The lowest BCUT2D eigenvalue weighted by Crippen LogP contribution is -2.48. The first kappa shape index (κ1) is 18.7. The number of benzene rings is 2. The minimum Gasteiger partial charge on any atom is -0.369 e. The van der Waals surface area contributed by atoms with Crippen LogP contribution in [0.2, 0.25) is 5.02 Å². The first-order valence-corrected chi connectivity index (χ1v) is 9.81. The Morgan fingerprint density at radius 3 is 2.50 bits per heavy atom. The normalized spacial score (nSPS) is 16.8. The fraction of sp³-hybridized carbons (Fsp3) is 0.273. The third-order valence-corrected chi connectivity index (χ3v) is 5.43. The molecule has 0 saturated carbocycles. The second-order valence-corrected chi connectivity index (χ2v) is 7.61. The van der Waals surface area contributed by atoms with Crippen molar-refractivity contribution in [1.29, 1.82) is 0 Å². The molecule has 1 heterocycles. The number of allylic oxidation sites excluding steroid dienone is 1. The summed E-state index contributed by atoms with van der Waals surface area (Å²) >= 11 is 5.95. The summed E-state index contributed by atoms with van der Waals surface area (Å²) in [5.74, 6) is 0.0952. The van der Waals surface area contributed by atoms with Gasteiger partial charge in [0, 0.05) is 49.0 Å². The predicted octanol–water partition coefficient (Wildman–Crippen LogP) is 3.24. The van der Waals surface area contributed by atoms with E-state index < -0.39 is 0 Å². The molecule has 0 spiro atoms. The molecule has 0 unspecified atom stereocenters. The van der Waals surface area contributed by atoms with E-state index in [1.165, 1.54) is 0 Å². The molecule has 0 aromatic heterocycles. The van der Waals surface area contributed by atoms with Crippen molar-refractivity contribution in [3.05, 3.63) is 64.7 Å². The van der Waals surface area contributed by atoms with Crippen molar-refractivity contribution in [2.75, 3.05) is 42.9 Å². The van der Waals surface area contributed by atoms with Gasteiger partial charge in [0.05, 0.1) is 6.54 Å². The van der Waals surface area contributed by atoms with Crippen LogP contribution in [-0.2, 0) is 16.0 Å². The fourth-order valence-corrected chi connectivity index (χ4v) is 3.76. The first-order valence-electron chi connectivity index (χ1n) is 9.43. The smallest absolute Gasteiger partial charge is 0.238 e. The van der Waals surface area contributed by atoms with Crippen molar-refractivity contribution < 1.29 is 9.59 Å². The zero-order chi connectivity index (χ0) is 19.5. The van der Waals surface area contributed by atoms with E-state index in [-0.39, 0.29) is 11.7 Å². The van der Waals surface area contributed by atoms with Crippen molar-refractivity contribution in [1.82, 2.24) is 4.90 Å². The number of rotatable bonds is 4. The van der Waals surface area contributed by atoms with Crippen LogP contribution in [0.5, 0.6) is 0 Å². The second kappa shape index (κ2) is 8.17. The van der Waals surface area contributed by atoms with Crippen LogP contribution in [0.1, 0.15) is 11.1 Å². The number of nitrogens with one attached hydrogen (secondary N) is 1. The maximum atomic E-state index is 12.4. The van der Waals surface area contributed by atoms with Gasteiger partial charge in [-0.05, 0) is 53.6 Å². The number of anilines is 2. The maximum absolute atomic E-state index is 12.4. The van der Waals surface area contributed by atoms with Gasteiger partial charge in [-0.2, -0.15) is 0 Å². The number of fused-ring (bicyclic) bond motifs is 1. The molecule has 2 aromatic carbocycles. The van der Waals surface area contributed by atoms with Crippen molar-refractivity contribution >= 4 is 40.7 Å². The summed E-state index contributed by atoms with van der Waals surface area (Å²) in [5.41, 5.74) is 3.93. The van der Waals surface area contributed by atoms with Crippen molar-refractivity contribution in [2.24, 2.45) is 0 Å². The molecule has 1 N–H and O–H groups in total. The molecule has 4 rings (SSSR count). The van der Waals surface area contributed by atoms with Gasteiger partial charge in [0.15, 0.2) is 5.78 Å². The summed E-state index contributed by atoms with van der Waals surface area (Å²) < 4.78 is 0. The van der Waals surface area contributed by atoms with Gasteiger partial charge in [-0.3, -0.25) is 14.5 Å². The Morgan fingerprint density at radius 2 is 1.75 bits per heavy atom. The van der Waals surface area contributed by atoms with Gasteiger partial charge >= 0.3 is 0 Å². The number of ketones is 1. The van der Waals surface area contributed by atoms with Crippen molar-refractivity contribution in [2.45, 2.75) is 6.42 Å². The Balaban J connectivity index is 1.29. The van der Waals surface area contributed by atoms with Crippen LogP contribution in [-0.4, -0.2) is 49.3 Å². The van der Waals surface area contributed by atoms with Crippen LogP contribution in [0.4, 0.5) is 11.4 Å². The largest absolute Gasteiger partial charge is 0.369 e. The van der Waals surface area contributed by atoms with E-state index in [4.69, 9.17) is 11.6 Å². The molecule has 0 radical (unpaired) electrons. The number of nitrogens with zero attached hydrogens (tertiary/aromatic N) is 2. The Labute approximate surface area is 169 Å². The minimum absolute atomic E-state index is 0.0178. The van der Waals surface area contributed by atoms with Crippen molar-refractivity contribution in [3.8, 4) is 0 Å². The number of carbonyl (C=O) groups is 2. The summed E-state index contributed by atoms with van der Waals surface area (Å²) in [6, 6.07) is 13.6. The molecule has 28 heavy (non-hydrogen) atoms. The zero-order valence-electron chi connectivity index (χ0n) is 15.5. The van der Waals surface area contributed by atoms with Gasteiger partial charge in [0.2, 0.25) is 5.91 Å². The molecule has 1 fully saturated rings. The quantitative estimate of drug-likeness (QED) is 0.863. The lowest BCUT2D eigenvalue weighted by molar-refractivity contribution is -0.117. The van der Waals surface area contributed by atoms with Crippen LogP contribution in [0.15, 0.2) is 48.5 Å². The highest BCUT2D eigenvalue weighted by molar-refractivity contribution is 6.30. The summed E-state index contributed by atoms with van der Waals surface area (Å²) in [6.45, 7) is 3.81. The lowest BCUT2D eigenvalue weighted by atomic mass is 9.96. The molecule has 0 bridgehead atoms. The molecular weight excluding hydrogens is 374 g/mol. The highest BCUT2D eigenvalue weighted by atomic mass is 35.5. The minimum atomic E-state index is -0.0178. The first-order chi connectivity index (χ1) is 13.6. The number of carbonyl (C=O) groups excluding carboxylic acids is 2. The molecule has 1 saturated heterocycles. The standard InChI is InChI=1S/C22H22ClN3O2/c23-18-3-6-20(7-4-18)26-11-9-25(10-12-26)15-22(28)24-19-5-1-17-14-21(27)8-2-16(17)13-19/h1-8,13H,9-12,14-15H2,(H,24,28). The highest BCUT2D eigenvalue weighted by Gasteiger charge is 2.19. The lowest BCUT2D eigenvalue weighted by Gasteiger charge is -2.35. The topological polar surface area (TPSA) is 52.7 Å². The number of hydrogen-bond donors (Lipinski definition) is 1. The van der Waals surface area contributed by atoms with Crippen molar-refractivity contribution in [3.63, 3.8) is 0 Å². The second-order valence-electron chi connectivity index (χ2n) is 7.18. The molecule has 2 aromatic rings. The van der Waals surface area contributed by atoms with Crippen LogP contribution in [0.25, 0.3) is 6.08 Å². The van der Waals surface area contributed by atoms with Crippen LogP contribution in [0.3, 0.4) is 0 Å². The van der Waals surface area contributed by atoms with E-state index in [0.717, 1.165) is 53.7 Å². The van der Waals surface area contributed by atoms with E-state index >= 15 is 0 Å². The van der Waals surface area contributed by atoms with E-state index in [1.54, 1.807) is 6.08 Å². The monoisotopic (exact) mass is 395 g/mol. The molecule has 2 aliphatic rings. The molecule has 1 amide bonds. The molecule has 5 nitrogen and oxygen atoms in total. The average Bonchev–Trinajstić information content (AvgIpc) is 2.69. The summed E-state index contributed by atoms with van der Waals surface area (Å²) in [7, 11) is 0. The van der Waals surface area contributed by atoms with Gasteiger partial charge in [0.1, 0.15) is 0 Å². The molecule has 6 heteroatoms. The Kier molecular flexibility index (Phi) is 5.46.